The fourth-order valence-corrected chi connectivity index (χ4v) is 3.30. The largest absolute Gasteiger partial charge is 0.372 e. The van der Waals surface area contributed by atoms with Crippen molar-refractivity contribution >= 4 is 11.9 Å². The van der Waals surface area contributed by atoms with Crippen LogP contribution in [0.25, 0.3) is 0 Å². The van der Waals surface area contributed by atoms with Crippen molar-refractivity contribution in [2.24, 2.45) is 0 Å². The molecular weight excluding hydrogens is 310 g/mol. The van der Waals surface area contributed by atoms with Crippen LogP contribution in [0.1, 0.15) is 10.4 Å². The van der Waals surface area contributed by atoms with Crippen molar-refractivity contribution in [2.75, 3.05) is 31.1 Å². The molecule has 0 unspecified atom stereocenters. The summed E-state index contributed by atoms with van der Waals surface area (Å²) in [6.45, 7) is 2.29. The minimum atomic E-state index is -0.284. The minimum absolute atomic E-state index is 0.0205. The van der Waals surface area contributed by atoms with E-state index in [-0.39, 0.29) is 23.6 Å². The molecule has 8 heteroatoms. The summed E-state index contributed by atoms with van der Waals surface area (Å²) < 4.78 is 5.83. The van der Waals surface area contributed by atoms with E-state index in [1.807, 2.05) is 0 Å². The Morgan fingerprint density at radius 1 is 1.29 bits per heavy atom. The Bertz CT molecular complexity index is 794. The lowest BCUT2D eigenvalue weighted by Gasteiger charge is -2.36. The molecule has 8 nitrogen and oxygen atoms in total. The Labute approximate surface area is 138 Å². The van der Waals surface area contributed by atoms with Gasteiger partial charge >= 0.3 is 0 Å². The molecule has 0 spiro atoms. The molecule has 2 fully saturated rings. The highest BCUT2D eigenvalue weighted by Gasteiger charge is 2.42. The summed E-state index contributed by atoms with van der Waals surface area (Å²) in [5.74, 6) is 0.495. The van der Waals surface area contributed by atoms with Gasteiger partial charge in [0.15, 0.2) is 0 Å². The number of fused-ring (bicyclic) bond motifs is 1. The monoisotopic (exact) mass is 327 g/mol. The Hall–Kier alpha value is -2.74. The number of aromatic amines is 1. The second kappa shape index (κ2) is 6.04. The summed E-state index contributed by atoms with van der Waals surface area (Å²) in [6.07, 6.45) is 4.83. The average molecular weight is 327 g/mol. The molecule has 0 radical (unpaired) electrons. The molecule has 124 valence electrons. The molecule has 2 aliphatic rings. The highest BCUT2D eigenvalue weighted by molar-refractivity contribution is 5.94. The quantitative estimate of drug-likeness (QED) is 0.828. The lowest BCUT2D eigenvalue weighted by molar-refractivity contribution is 0.0296. The third-order valence-electron chi connectivity index (χ3n) is 4.42. The normalized spacial score (nSPS) is 23.2. The van der Waals surface area contributed by atoms with E-state index in [2.05, 4.69) is 19.9 Å². The van der Waals surface area contributed by atoms with Gasteiger partial charge < -0.3 is 19.5 Å². The van der Waals surface area contributed by atoms with Gasteiger partial charge in [0.25, 0.3) is 5.91 Å². The van der Waals surface area contributed by atoms with Gasteiger partial charge in [0.1, 0.15) is 0 Å². The number of pyridine rings is 1. The zero-order valence-electron chi connectivity index (χ0n) is 13.0. The highest BCUT2D eigenvalue weighted by atomic mass is 16.5. The van der Waals surface area contributed by atoms with Crippen molar-refractivity contribution in [1.82, 2.24) is 19.9 Å². The SMILES string of the molecule is O=C(c1cc[nH]c(=O)c1)N1C[C@@H]2OCCN(c3ncccn3)[C@H]2C1. The van der Waals surface area contributed by atoms with E-state index >= 15 is 0 Å². The number of likely N-dealkylation sites (tertiary alicyclic amines) is 1. The van der Waals surface area contributed by atoms with Gasteiger partial charge in [-0.05, 0) is 12.1 Å². The number of ether oxygens (including phenoxy) is 1. The van der Waals surface area contributed by atoms with Gasteiger partial charge in [0.05, 0.1) is 18.8 Å². The first-order valence-corrected chi connectivity index (χ1v) is 7.85. The summed E-state index contributed by atoms with van der Waals surface area (Å²) >= 11 is 0. The molecular formula is C16H17N5O3. The number of nitrogens with one attached hydrogen (secondary N) is 1. The molecule has 2 aromatic rings. The van der Waals surface area contributed by atoms with E-state index < -0.39 is 0 Å². The van der Waals surface area contributed by atoms with Crippen LogP contribution in [-0.2, 0) is 4.74 Å². The zero-order chi connectivity index (χ0) is 16.5. The molecule has 2 saturated heterocycles. The van der Waals surface area contributed by atoms with Crippen LogP contribution in [-0.4, -0.2) is 64.1 Å². The Morgan fingerprint density at radius 2 is 2.12 bits per heavy atom. The molecule has 2 aliphatic heterocycles. The van der Waals surface area contributed by atoms with E-state index in [9.17, 15) is 9.59 Å². The lowest BCUT2D eigenvalue weighted by Crippen LogP contribution is -2.51. The van der Waals surface area contributed by atoms with Crippen LogP contribution < -0.4 is 10.5 Å². The molecule has 0 bridgehead atoms. The first kappa shape index (κ1) is 14.8. The molecule has 0 aliphatic carbocycles. The van der Waals surface area contributed by atoms with Crippen molar-refractivity contribution in [3.05, 3.63) is 52.7 Å². The number of hydrogen-bond donors (Lipinski definition) is 1. The van der Waals surface area contributed by atoms with Crippen LogP contribution >= 0.6 is 0 Å². The zero-order valence-corrected chi connectivity index (χ0v) is 13.0. The minimum Gasteiger partial charge on any atom is -0.372 e. The van der Waals surface area contributed by atoms with E-state index in [4.69, 9.17) is 4.74 Å². The number of carbonyl (C=O) groups is 1. The number of H-pyrrole nitrogens is 1. The topological polar surface area (TPSA) is 91.4 Å². The second-order valence-electron chi connectivity index (χ2n) is 5.87. The predicted molar refractivity (Wildman–Crippen MR) is 85.9 cm³/mol. The molecule has 4 rings (SSSR count). The fraction of sp³-hybridized carbons (Fsp3) is 0.375. The van der Waals surface area contributed by atoms with Gasteiger partial charge in [0.2, 0.25) is 11.5 Å². The molecule has 1 N–H and O–H groups in total. The van der Waals surface area contributed by atoms with E-state index in [0.29, 0.717) is 37.8 Å². The van der Waals surface area contributed by atoms with Crippen LogP contribution in [0, 0.1) is 0 Å². The van der Waals surface area contributed by atoms with Crippen LogP contribution in [0.2, 0.25) is 0 Å². The molecule has 0 saturated carbocycles. The van der Waals surface area contributed by atoms with Crippen molar-refractivity contribution < 1.29 is 9.53 Å². The van der Waals surface area contributed by atoms with Crippen molar-refractivity contribution in [1.29, 1.82) is 0 Å². The van der Waals surface area contributed by atoms with Gasteiger partial charge in [-0.15, -0.1) is 0 Å². The molecule has 0 aromatic carbocycles. The van der Waals surface area contributed by atoms with Gasteiger partial charge in [-0.25, -0.2) is 9.97 Å². The number of nitrogens with zero attached hydrogens (tertiary/aromatic N) is 4. The standard InChI is InChI=1S/C16H17N5O3/c22-14-8-11(2-5-17-14)15(23)20-9-12-13(10-20)24-7-6-21(12)16-18-3-1-4-19-16/h1-5,8,12-13H,6-7,9-10H2,(H,17,22)/t12-,13-/m0/s1. The van der Waals surface area contributed by atoms with Crippen molar-refractivity contribution in [2.45, 2.75) is 12.1 Å². The first-order chi connectivity index (χ1) is 11.7. The smallest absolute Gasteiger partial charge is 0.254 e. The summed E-state index contributed by atoms with van der Waals surface area (Å²) in [5.41, 5.74) is 0.105. The maximum absolute atomic E-state index is 12.7. The Kier molecular flexibility index (Phi) is 3.73. The van der Waals surface area contributed by atoms with Crippen LogP contribution in [0.15, 0.2) is 41.6 Å². The third kappa shape index (κ3) is 2.65. The highest BCUT2D eigenvalue weighted by Crippen LogP contribution is 2.26. The maximum Gasteiger partial charge on any atom is 0.254 e. The van der Waals surface area contributed by atoms with E-state index in [0.717, 1.165) is 0 Å². The maximum atomic E-state index is 12.7. The molecule has 2 aromatic heterocycles. The predicted octanol–water partition coefficient (Wildman–Crippen LogP) is -0.105. The van der Waals surface area contributed by atoms with Gasteiger partial charge in [-0.1, -0.05) is 0 Å². The summed E-state index contributed by atoms with van der Waals surface area (Å²) in [4.78, 5) is 39.0. The number of morpholine rings is 1. The van der Waals surface area contributed by atoms with Crippen LogP contribution in [0.3, 0.4) is 0 Å². The second-order valence-corrected chi connectivity index (χ2v) is 5.87. The lowest BCUT2D eigenvalue weighted by atomic mass is 10.1. The van der Waals surface area contributed by atoms with Crippen LogP contribution in [0.5, 0.6) is 0 Å². The first-order valence-electron chi connectivity index (χ1n) is 7.85. The van der Waals surface area contributed by atoms with Gasteiger partial charge in [0, 0.05) is 49.9 Å². The Morgan fingerprint density at radius 3 is 2.92 bits per heavy atom. The molecule has 24 heavy (non-hydrogen) atoms. The van der Waals surface area contributed by atoms with Gasteiger partial charge in [-0.2, -0.15) is 0 Å². The Balaban J connectivity index is 1.56. The third-order valence-corrected chi connectivity index (χ3v) is 4.42. The van der Waals surface area contributed by atoms with Gasteiger partial charge in [-0.3, -0.25) is 9.59 Å². The summed E-state index contributed by atoms with van der Waals surface area (Å²) in [7, 11) is 0. The molecule has 1 amide bonds. The number of amides is 1. The number of carbonyl (C=O) groups excluding carboxylic acids is 1. The number of aromatic nitrogens is 3. The number of anilines is 1. The van der Waals surface area contributed by atoms with E-state index in [1.165, 1.54) is 12.3 Å². The average Bonchev–Trinajstić information content (AvgIpc) is 3.06. The number of hydrogen-bond acceptors (Lipinski definition) is 6. The molecule has 4 heterocycles. The number of rotatable bonds is 2. The summed E-state index contributed by atoms with van der Waals surface area (Å²) in [6, 6.07) is 4.74. The summed E-state index contributed by atoms with van der Waals surface area (Å²) in [5, 5.41) is 0. The van der Waals surface area contributed by atoms with Crippen molar-refractivity contribution in [3.63, 3.8) is 0 Å². The van der Waals surface area contributed by atoms with Crippen LogP contribution in [0.4, 0.5) is 5.95 Å². The van der Waals surface area contributed by atoms with Crippen molar-refractivity contribution in [3.8, 4) is 0 Å². The molecule has 2 atom stereocenters. The van der Waals surface area contributed by atoms with E-state index in [1.54, 1.807) is 29.4 Å². The fourth-order valence-electron chi connectivity index (χ4n) is 3.30.